The second kappa shape index (κ2) is 4.08. The predicted octanol–water partition coefficient (Wildman–Crippen LogP) is 3.12. The van der Waals surface area contributed by atoms with Gasteiger partial charge in [-0.25, -0.2) is 0 Å². The lowest BCUT2D eigenvalue weighted by Crippen LogP contribution is -2.24. The highest BCUT2D eigenvalue weighted by Gasteiger charge is 2.25. The van der Waals surface area contributed by atoms with E-state index in [-0.39, 0.29) is 0 Å². The van der Waals surface area contributed by atoms with Crippen LogP contribution < -0.4 is 0 Å². The topological polar surface area (TPSA) is 0 Å². The maximum Gasteiger partial charge on any atom is 0.0360 e. The third kappa shape index (κ3) is 2.52. The normalized spacial score (nSPS) is 41.7. The zero-order chi connectivity index (χ0) is 7.56. The molecular formula is C7H12Cl2S. The summed E-state index contributed by atoms with van der Waals surface area (Å²) in [5.74, 6) is 0. The summed E-state index contributed by atoms with van der Waals surface area (Å²) in [6.07, 6.45) is 5.38. The van der Waals surface area contributed by atoms with Crippen LogP contribution in [0, 0.1) is 0 Å². The summed E-state index contributed by atoms with van der Waals surface area (Å²) in [4.78, 5) is 0. The van der Waals surface area contributed by atoms with Crippen molar-refractivity contribution in [3.63, 3.8) is 0 Å². The average Bonchev–Trinajstić information content (AvgIpc) is 1.85. The quantitative estimate of drug-likeness (QED) is 0.584. The molecule has 2 unspecified atom stereocenters. The number of halogens is 2. The first-order chi connectivity index (χ1) is 4.72. The molecule has 1 saturated carbocycles. The standard InChI is InChI=1S/C7H12Cl2S/c1-10-7-3-5(8)2-6(9)4-7/h5-7H,2-4H2,1H3. The van der Waals surface area contributed by atoms with Crippen molar-refractivity contribution in [2.45, 2.75) is 35.3 Å². The van der Waals surface area contributed by atoms with E-state index in [1.54, 1.807) is 0 Å². The molecule has 3 heteroatoms. The summed E-state index contributed by atoms with van der Waals surface area (Å²) in [5, 5.41) is 1.32. The van der Waals surface area contributed by atoms with Gasteiger partial charge in [-0.05, 0) is 25.5 Å². The molecule has 0 spiro atoms. The Labute approximate surface area is 76.7 Å². The van der Waals surface area contributed by atoms with E-state index in [2.05, 4.69) is 6.26 Å². The van der Waals surface area contributed by atoms with E-state index in [1.807, 2.05) is 11.8 Å². The molecular weight excluding hydrogens is 187 g/mol. The molecule has 0 saturated heterocycles. The number of alkyl halides is 2. The van der Waals surface area contributed by atoms with E-state index in [9.17, 15) is 0 Å². The molecule has 0 bridgehead atoms. The Morgan fingerprint density at radius 2 is 1.60 bits per heavy atom. The van der Waals surface area contributed by atoms with Gasteiger partial charge in [-0.1, -0.05) is 0 Å². The molecule has 0 aliphatic heterocycles. The molecule has 2 atom stereocenters. The van der Waals surface area contributed by atoms with Gasteiger partial charge in [0.15, 0.2) is 0 Å². The first-order valence-electron chi connectivity index (χ1n) is 3.53. The van der Waals surface area contributed by atoms with Gasteiger partial charge < -0.3 is 0 Å². The predicted molar refractivity (Wildman–Crippen MR) is 50.4 cm³/mol. The van der Waals surface area contributed by atoms with Gasteiger partial charge in [0.2, 0.25) is 0 Å². The van der Waals surface area contributed by atoms with Crippen molar-refractivity contribution in [2.75, 3.05) is 6.26 Å². The Balaban J connectivity index is 2.35. The van der Waals surface area contributed by atoms with E-state index in [0.717, 1.165) is 19.3 Å². The van der Waals surface area contributed by atoms with Crippen molar-refractivity contribution in [3.8, 4) is 0 Å². The van der Waals surface area contributed by atoms with Gasteiger partial charge in [-0.2, -0.15) is 11.8 Å². The van der Waals surface area contributed by atoms with Gasteiger partial charge in [0.1, 0.15) is 0 Å². The number of rotatable bonds is 1. The Morgan fingerprint density at radius 1 is 1.10 bits per heavy atom. The second-order valence-corrected chi connectivity index (χ2v) is 5.13. The zero-order valence-corrected chi connectivity index (χ0v) is 8.35. The molecule has 10 heavy (non-hydrogen) atoms. The molecule has 60 valence electrons. The summed E-state index contributed by atoms with van der Waals surface area (Å²) in [5.41, 5.74) is 0. The van der Waals surface area contributed by atoms with Gasteiger partial charge >= 0.3 is 0 Å². The van der Waals surface area contributed by atoms with Gasteiger partial charge in [-0.15, -0.1) is 23.2 Å². The maximum atomic E-state index is 5.99. The van der Waals surface area contributed by atoms with Crippen molar-refractivity contribution in [2.24, 2.45) is 0 Å². The van der Waals surface area contributed by atoms with Crippen LogP contribution in [-0.4, -0.2) is 22.3 Å². The Bertz CT molecular complexity index is 97.8. The fourth-order valence-corrected chi connectivity index (χ4v) is 3.34. The van der Waals surface area contributed by atoms with E-state index in [4.69, 9.17) is 23.2 Å². The summed E-state index contributed by atoms with van der Waals surface area (Å²) < 4.78 is 0. The smallest absolute Gasteiger partial charge is 0.0360 e. The molecule has 0 aromatic heterocycles. The molecule has 1 aliphatic carbocycles. The van der Waals surface area contributed by atoms with E-state index in [1.165, 1.54) is 0 Å². The summed E-state index contributed by atoms with van der Waals surface area (Å²) >= 11 is 13.9. The van der Waals surface area contributed by atoms with Gasteiger partial charge in [-0.3, -0.25) is 0 Å². The van der Waals surface area contributed by atoms with Crippen molar-refractivity contribution in [1.29, 1.82) is 0 Å². The molecule has 0 N–H and O–H groups in total. The van der Waals surface area contributed by atoms with Crippen LogP contribution in [0.15, 0.2) is 0 Å². The Hall–Kier alpha value is 0.930. The number of hydrogen-bond acceptors (Lipinski definition) is 1. The van der Waals surface area contributed by atoms with Crippen LogP contribution in [-0.2, 0) is 0 Å². The molecule has 0 aromatic rings. The largest absolute Gasteiger partial charge is 0.162 e. The van der Waals surface area contributed by atoms with Crippen molar-refractivity contribution in [1.82, 2.24) is 0 Å². The summed E-state index contributed by atoms with van der Waals surface area (Å²) in [7, 11) is 0. The first-order valence-corrected chi connectivity index (χ1v) is 5.69. The average molecular weight is 199 g/mol. The highest BCUT2D eigenvalue weighted by Crippen LogP contribution is 2.32. The van der Waals surface area contributed by atoms with Crippen LogP contribution in [0.25, 0.3) is 0 Å². The third-order valence-electron chi connectivity index (χ3n) is 1.88. The SMILES string of the molecule is CSC1CC(Cl)CC(Cl)C1. The molecule has 1 fully saturated rings. The van der Waals surface area contributed by atoms with Gasteiger partial charge in [0.05, 0.1) is 0 Å². The minimum Gasteiger partial charge on any atom is -0.162 e. The maximum absolute atomic E-state index is 5.99. The lowest BCUT2D eigenvalue weighted by Gasteiger charge is -2.27. The molecule has 0 amide bonds. The molecule has 0 aromatic carbocycles. The summed E-state index contributed by atoms with van der Waals surface area (Å²) in [6.45, 7) is 0. The van der Waals surface area contributed by atoms with Crippen molar-refractivity contribution < 1.29 is 0 Å². The number of hydrogen-bond donors (Lipinski definition) is 0. The van der Waals surface area contributed by atoms with Gasteiger partial charge in [0.25, 0.3) is 0 Å². The van der Waals surface area contributed by atoms with Crippen LogP contribution in [0.2, 0.25) is 0 Å². The number of thioether (sulfide) groups is 1. The third-order valence-corrected chi connectivity index (χ3v) is 3.65. The highest BCUT2D eigenvalue weighted by molar-refractivity contribution is 7.99. The van der Waals surface area contributed by atoms with Crippen LogP contribution in [0.4, 0.5) is 0 Å². The Kier molecular flexibility index (Phi) is 3.68. The lowest BCUT2D eigenvalue weighted by molar-refractivity contribution is 0.530. The lowest BCUT2D eigenvalue weighted by atomic mass is 9.99. The minimum atomic E-state index is 0.314. The fourth-order valence-electron chi connectivity index (χ4n) is 1.33. The molecule has 0 heterocycles. The minimum absolute atomic E-state index is 0.314. The van der Waals surface area contributed by atoms with Crippen LogP contribution in [0.1, 0.15) is 19.3 Å². The monoisotopic (exact) mass is 198 g/mol. The van der Waals surface area contributed by atoms with Crippen LogP contribution in [0.3, 0.4) is 0 Å². The van der Waals surface area contributed by atoms with Crippen molar-refractivity contribution >= 4 is 35.0 Å². The van der Waals surface area contributed by atoms with Crippen molar-refractivity contribution in [3.05, 3.63) is 0 Å². The van der Waals surface area contributed by atoms with E-state index < -0.39 is 0 Å². The molecule has 0 nitrogen and oxygen atoms in total. The van der Waals surface area contributed by atoms with E-state index in [0.29, 0.717) is 16.0 Å². The summed E-state index contributed by atoms with van der Waals surface area (Å²) in [6, 6.07) is 0. The molecule has 1 aliphatic rings. The molecule has 1 rings (SSSR count). The fraction of sp³-hybridized carbons (Fsp3) is 1.00. The van der Waals surface area contributed by atoms with E-state index >= 15 is 0 Å². The first kappa shape index (κ1) is 9.02. The highest BCUT2D eigenvalue weighted by atomic mass is 35.5. The Morgan fingerprint density at radius 3 is 2.00 bits per heavy atom. The van der Waals surface area contributed by atoms with Crippen LogP contribution >= 0.6 is 35.0 Å². The zero-order valence-electron chi connectivity index (χ0n) is 6.02. The van der Waals surface area contributed by atoms with Crippen LogP contribution in [0.5, 0.6) is 0 Å². The molecule has 0 radical (unpaired) electrons. The second-order valence-electron chi connectivity index (χ2n) is 2.76. The van der Waals surface area contributed by atoms with Gasteiger partial charge in [0, 0.05) is 16.0 Å².